The van der Waals surface area contributed by atoms with Crippen LogP contribution in [-0.2, 0) is 14.8 Å². The molecule has 0 heterocycles. The third kappa shape index (κ3) is 6.90. The van der Waals surface area contributed by atoms with Gasteiger partial charge in [-0.2, -0.15) is 0 Å². The number of halogens is 2. The zero-order valence-corrected chi connectivity index (χ0v) is 20.7. The molecule has 0 unspecified atom stereocenters. The zero-order chi connectivity index (χ0) is 24.9. The smallest absolute Gasteiger partial charge is 0.232 e. The minimum Gasteiger partial charge on any atom is -0.496 e. The van der Waals surface area contributed by atoms with E-state index in [2.05, 4.69) is 19.2 Å². The Labute approximate surface area is 195 Å². The Bertz CT molecular complexity index is 1100. The molecule has 0 radical (unpaired) electrons. The molecule has 6 nitrogen and oxygen atoms in total. The number of carbonyl (C=O) groups excluding carboxylic acids is 1. The second kappa shape index (κ2) is 11.0. The number of hydrogen-bond donors (Lipinski definition) is 1. The quantitative estimate of drug-likeness (QED) is 0.526. The van der Waals surface area contributed by atoms with Crippen LogP contribution in [0, 0.1) is 18.6 Å². The van der Waals surface area contributed by atoms with Crippen molar-refractivity contribution < 1.29 is 26.7 Å². The van der Waals surface area contributed by atoms with Gasteiger partial charge in [0.1, 0.15) is 5.75 Å². The van der Waals surface area contributed by atoms with Crippen molar-refractivity contribution in [3.8, 4) is 5.75 Å². The van der Waals surface area contributed by atoms with Crippen molar-refractivity contribution in [3.05, 3.63) is 58.7 Å². The van der Waals surface area contributed by atoms with Crippen LogP contribution < -0.4 is 14.4 Å². The van der Waals surface area contributed by atoms with Gasteiger partial charge >= 0.3 is 0 Å². The SMILES string of the molecule is COc1cc(C)c([C@@H](C)NC(=O)CCCN(c2ccc(F)c(F)c2)S(C)(=O)=O)cc1C(C)C. The molecular formula is C24H32F2N2O4S. The third-order valence-electron chi connectivity index (χ3n) is 5.44. The van der Waals surface area contributed by atoms with Gasteiger partial charge in [0, 0.05) is 19.0 Å². The molecule has 0 bridgehead atoms. The highest BCUT2D eigenvalue weighted by molar-refractivity contribution is 7.92. The van der Waals surface area contributed by atoms with E-state index in [4.69, 9.17) is 4.74 Å². The van der Waals surface area contributed by atoms with Crippen LogP contribution in [0.4, 0.5) is 14.5 Å². The Kier molecular flexibility index (Phi) is 8.82. The van der Waals surface area contributed by atoms with Crippen molar-refractivity contribution in [1.82, 2.24) is 5.32 Å². The molecule has 0 aliphatic rings. The van der Waals surface area contributed by atoms with Crippen molar-refractivity contribution in [2.45, 2.75) is 52.5 Å². The van der Waals surface area contributed by atoms with Gasteiger partial charge in [-0.25, -0.2) is 17.2 Å². The van der Waals surface area contributed by atoms with Crippen LogP contribution in [0.3, 0.4) is 0 Å². The second-order valence-corrected chi connectivity index (χ2v) is 10.3. The summed E-state index contributed by atoms with van der Waals surface area (Å²) in [7, 11) is -2.11. The fourth-order valence-electron chi connectivity index (χ4n) is 3.71. The summed E-state index contributed by atoms with van der Waals surface area (Å²) in [6.45, 7) is 7.95. The van der Waals surface area contributed by atoms with Crippen LogP contribution in [0.2, 0.25) is 0 Å². The Morgan fingerprint density at radius 1 is 1.09 bits per heavy atom. The maximum Gasteiger partial charge on any atom is 0.232 e. The number of nitrogens with zero attached hydrogens (tertiary/aromatic N) is 1. The number of anilines is 1. The van der Waals surface area contributed by atoms with Crippen LogP contribution in [0.25, 0.3) is 0 Å². The molecule has 1 atom stereocenters. The Hall–Kier alpha value is -2.68. The standard InChI is InChI=1S/C24H32F2N2O4S/c1-15(2)19-14-20(16(3)12-23(19)32-5)17(4)27-24(29)8-7-11-28(33(6,30)31)18-9-10-21(25)22(26)13-18/h9-10,12-15,17H,7-8,11H2,1-6H3,(H,27,29)/t17-/m1/s1. The highest BCUT2D eigenvalue weighted by Crippen LogP contribution is 2.32. The van der Waals surface area contributed by atoms with Gasteiger partial charge in [0.2, 0.25) is 15.9 Å². The number of aryl methyl sites for hydroxylation is 1. The Balaban J connectivity index is 2.05. The first-order chi connectivity index (χ1) is 15.3. The summed E-state index contributed by atoms with van der Waals surface area (Å²) < 4.78 is 57.5. The average Bonchev–Trinajstić information content (AvgIpc) is 2.71. The molecular weight excluding hydrogens is 450 g/mol. The zero-order valence-electron chi connectivity index (χ0n) is 19.9. The number of rotatable bonds is 10. The molecule has 33 heavy (non-hydrogen) atoms. The summed E-state index contributed by atoms with van der Waals surface area (Å²) in [5.41, 5.74) is 3.04. The summed E-state index contributed by atoms with van der Waals surface area (Å²) >= 11 is 0. The molecule has 0 saturated carbocycles. The molecule has 2 aromatic carbocycles. The lowest BCUT2D eigenvalue weighted by Crippen LogP contribution is -2.32. The number of benzene rings is 2. The molecule has 1 N–H and O–H groups in total. The first-order valence-electron chi connectivity index (χ1n) is 10.8. The highest BCUT2D eigenvalue weighted by Gasteiger charge is 2.20. The number of ether oxygens (including phenoxy) is 1. The van der Waals surface area contributed by atoms with Crippen LogP contribution >= 0.6 is 0 Å². The van der Waals surface area contributed by atoms with Gasteiger partial charge in [0.05, 0.1) is 25.1 Å². The molecule has 0 saturated heterocycles. The minimum absolute atomic E-state index is 0.0141. The lowest BCUT2D eigenvalue weighted by atomic mass is 9.93. The first-order valence-corrected chi connectivity index (χ1v) is 12.6. The van der Waals surface area contributed by atoms with E-state index >= 15 is 0 Å². The fourth-order valence-corrected chi connectivity index (χ4v) is 4.67. The number of nitrogens with one attached hydrogen (secondary N) is 1. The monoisotopic (exact) mass is 482 g/mol. The largest absolute Gasteiger partial charge is 0.496 e. The average molecular weight is 483 g/mol. The van der Waals surface area contributed by atoms with Gasteiger partial charge < -0.3 is 10.1 Å². The Morgan fingerprint density at radius 3 is 2.30 bits per heavy atom. The second-order valence-electron chi connectivity index (χ2n) is 8.43. The minimum atomic E-state index is -3.74. The van der Waals surface area contributed by atoms with Crippen molar-refractivity contribution >= 4 is 21.6 Å². The number of hydrogen-bond acceptors (Lipinski definition) is 4. The third-order valence-corrected chi connectivity index (χ3v) is 6.63. The van der Waals surface area contributed by atoms with Crippen LogP contribution in [0.5, 0.6) is 5.75 Å². The van der Waals surface area contributed by atoms with Crippen molar-refractivity contribution in [1.29, 1.82) is 0 Å². The van der Waals surface area contributed by atoms with E-state index in [0.29, 0.717) is 0 Å². The summed E-state index contributed by atoms with van der Waals surface area (Å²) in [6.07, 6.45) is 1.27. The van der Waals surface area contributed by atoms with Gasteiger partial charge in [-0.1, -0.05) is 13.8 Å². The molecule has 9 heteroatoms. The molecule has 0 aliphatic carbocycles. The van der Waals surface area contributed by atoms with Gasteiger partial charge in [-0.05, 0) is 67.1 Å². The van der Waals surface area contributed by atoms with Gasteiger partial charge in [-0.3, -0.25) is 9.10 Å². The molecule has 0 aliphatic heterocycles. The maximum absolute atomic E-state index is 13.6. The van der Waals surface area contributed by atoms with Gasteiger partial charge in [-0.15, -0.1) is 0 Å². The lowest BCUT2D eigenvalue weighted by molar-refractivity contribution is -0.121. The van der Waals surface area contributed by atoms with Crippen molar-refractivity contribution in [2.75, 3.05) is 24.2 Å². The van der Waals surface area contributed by atoms with E-state index in [1.54, 1.807) is 7.11 Å². The van der Waals surface area contributed by atoms with Crippen LogP contribution in [0.1, 0.15) is 62.3 Å². The molecule has 0 spiro atoms. The number of carbonyl (C=O) groups is 1. The number of methoxy groups -OCH3 is 1. The summed E-state index contributed by atoms with van der Waals surface area (Å²) in [4.78, 5) is 12.5. The van der Waals surface area contributed by atoms with E-state index in [9.17, 15) is 22.0 Å². The van der Waals surface area contributed by atoms with Gasteiger partial charge in [0.15, 0.2) is 11.6 Å². The van der Waals surface area contributed by atoms with Crippen LogP contribution in [0.15, 0.2) is 30.3 Å². The fraction of sp³-hybridized carbons (Fsp3) is 0.458. The van der Waals surface area contributed by atoms with E-state index < -0.39 is 21.7 Å². The molecule has 2 aromatic rings. The lowest BCUT2D eigenvalue weighted by Gasteiger charge is -2.23. The van der Waals surface area contributed by atoms with Crippen molar-refractivity contribution in [2.24, 2.45) is 0 Å². The number of amides is 1. The molecule has 2 rings (SSSR count). The normalized spacial score (nSPS) is 12.5. The molecule has 182 valence electrons. The maximum atomic E-state index is 13.6. The highest BCUT2D eigenvalue weighted by atomic mass is 32.2. The topological polar surface area (TPSA) is 75.7 Å². The molecule has 0 fully saturated rings. The van der Waals surface area contributed by atoms with Gasteiger partial charge in [0.25, 0.3) is 0 Å². The van der Waals surface area contributed by atoms with E-state index in [0.717, 1.165) is 45.1 Å². The van der Waals surface area contributed by atoms with E-state index in [1.807, 2.05) is 26.0 Å². The predicted octanol–water partition coefficient (Wildman–Crippen LogP) is 4.83. The first kappa shape index (κ1) is 26.6. The summed E-state index contributed by atoms with van der Waals surface area (Å²) in [6, 6.07) is 6.65. The summed E-state index contributed by atoms with van der Waals surface area (Å²) in [5.74, 6) is -1.37. The van der Waals surface area contributed by atoms with E-state index in [1.165, 1.54) is 6.07 Å². The van der Waals surface area contributed by atoms with Crippen LogP contribution in [-0.4, -0.2) is 34.2 Å². The summed E-state index contributed by atoms with van der Waals surface area (Å²) in [5, 5.41) is 2.95. The number of sulfonamides is 1. The van der Waals surface area contributed by atoms with E-state index in [-0.39, 0.29) is 42.9 Å². The molecule has 0 aromatic heterocycles. The molecule has 1 amide bonds. The van der Waals surface area contributed by atoms with Crippen molar-refractivity contribution in [3.63, 3.8) is 0 Å². The Morgan fingerprint density at radius 2 is 1.76 bits per heavy atom. The predicted molar refractivity (Wildman–Crippen MR) is 126 cm³/mol.